The number of nitrogens with one attached hydrogen (secondary N) is 1. The van der Waals surface area contributed by atoms with E-state index < -0.39 is 11.9 Å². The van der Waals surface area contributed by atoms with Gasteiger partial charge in [-0.2, -0.15) is 0 Å². The number of carbonyl (C=O) groups excluding carboxylic acids is 1. The highest BCUT2D eigenvalue weighted by molar-refractivity contribution is 5.83. The maximum Gasteiger partial charge on any atom is 0.303 e. The number of aliphatic carboxylic acids is 1. The van der Waals surface area contributed by atoms with Crippen LogP contribution in [-0.2, 0) is 9.59 Å². The van der Waals surface area contributed by atoms with Gasteiger partial charge in [-0.3, -0.25) is 9.59 Å². The zero-order valence-electron chi connectivity index (χ0n) is 13.5. The first-order valence-electron chi connectivity index (χ1n) is 7.83. The molecule has 0 saturated heterocycles. The maximum absolute atomic E-state index is 14.4. The highest BCUT2D eigenvalue weighted by Crippen LogP contribution is 2.26. The van der Waals surface area contributed by atoms with Gasteiger partial charge in [0.25, 0.3) is 0 Å². The van der Waals surface area contributed by atoms with E-state index in [-0.39, 0.29) is 18.1 Å². The van der Waals surface area contributed by atoms with Crippen molar-refractivity contribution < 1.29 is 19.1 Å². The van der Waals surface area contributed by atoms with E-state index in [1.165, 1.54) is 6.07 Å². The third kappa shape index (κ3) is 4.65. The van der Waals surface area contributed by atoms with Crippen molar-refractivity contribution in [2.75, 3.05) is 6.54 Å². The van der Waals surface area contributed by atoms with Crippen LogP contribution in [0.2, 0.25) is 0 Å². The molecular formula is C19H20FNO3. The molecule has 2 aromatic rings. The number of rotatable bonds is 7. The molecule has 0 heterocycles. The molecular weight excluding hydrogens is 309 g/mol. The van der Waals surface area contributed by atoms with Crippen molar-refractivity contribution in [2.24, 2.45) is 0 Å². The van der Waals surface area contributed by atoms with Crippen molar-refractivity contribution in [3.63, 3.8) is 0 Å². The summed E-state index contributed by atoms with van der Waals surface area (Å²) in [5.41, 5.74) is 1.86. The van der Waals surface area contributed by atoms with Crippen LogP contribution in [0.5, 0.6) is 0 Å². The number of carboxylic acids is 1. The van der Waals surface area contributed by atoms with Crippen LogP contribution in [0.15, 0.2) is 48.5 Å². The Morgan fingerprint density at radius 3 is 2.50 bits per heavy atom. The second-order valence-corrected chi connectivity index (χ2v) is 5.62. The largest absolute Gasteiger partial charge is 0.481 e. The lowest BCUT2D eigenvalue weighted by molar-refractivity contribution is -0.137. The molecule has 2 N–H and O–H groups in total. The summed E-state index contributed by atoms with van der Waals surface area (Å²) in [5, 5.41) is 11.2. The van der Waals surface area contributed by atoms with Crippen molar-refractivity contribution in [1.29, 1.82) is 0 Å². The minimum Gasteiger partial charge on any atom is -0.481 e. The molecule has 0 saturated carbocycles. The summed E-state index contributed by atoms with van der Waals surface area (Å²) >= 11 is 0. The van der Waals surface area contributed by atoms with Crippen LogP contribution in [0.1, 0.15) is 31.2 Å². The lowest BCUT2D eigenvalue weighted by Crippen LogP contribution is -2.29. The fourth-order valence-electron chi connectivity index (χ4n) is 2.41. The van der Waals surface area contributed by atoms with Gasteiger partial charge < -0.3 is 10.4 Å². The second kappa shape index (κ2) is 8.24. The molecule has 0 bridgehead atoms. The number of halogens is 1. The van der Waals surface area contributed by atoms with Crippen molar-refractivity contribution in [3.8, 4) is 11.1 Å². The van der Waals surface area contributed by atoms with Gasteiger partial charge in [-0.05, 0) is 30.5 Å². The maximum atomic E-state index is 14.4. The number of hydrogen-bond acceptors (Lipinski definition) is 2. The summed E-state index contributed by atoms with van der Waals surface area (Å²) in [5.74, 6) is -2.01. The SMILES string of the molecule is CC(C(=O)NCCCC(=O)O)c1ccc(-c2ccccc2)c(F)c1. The number of carboxylic acid groups (broad SMARTS) is 1. The van der Waals surface area contributed by atoms with E-state index in [4.69, 9.17) is 5.11 Å². The Kier molecular flexibility index (Phi) is 6.07. The van der Waals surface area contributed by atoms with Crippen LogP contribution in [0, 0.1) is 5.82 Å². The molecule has 1 unspecified atom stereocenters. The Morgan fingerprint density at radius 1 is 1.17 bits per heavy atom. The van der Waals surface area contributed by atoms with Gasteiger partial charge in [-0.15, -0.1) is 0 Å². The monoisotopic (exact) mass is 329 g/mol. The molecule has 0 spiro atoms. The minimum absolute atomic E-state index is 0.00899. The van der Waals surface area contributed by atoms with E-state index in [0.29, 0.717) is 24.1 Å². The van der Waals surface area contributed by atoms with Crippen molar-refractivity contribution in [1.82, 2.24) is 5.32 Å². The molecule has 2 aromatic carbocycles. The normalized spacial score (nSPS) is 11.8. The van der Waals surface area contributed by atoms with Crippen molar-refractivity contribution in [3.05, 3.63) is 59.9 Å². The Labute approximate surface area is 140 Å². The molecule has 126 valence electrons. The van der Waals surface area contributed by atoms with Gasteiger partial charge in [0, 0.05) is 18.5 Å². The zero-order valence-corrected chi connectivity index (χ0v) is 13.5. The lowest BCUT2D eigenvalue weighted by atomic mass is 9.96. The van der Waals surface area contributed by atoms with Crippen LogP contribution in [0.25, 0.3) is 11.1 Å². The number of benzene rings is 2. The average Bonchev–Trinajstić information content (AvgIpc) is 2.58. The van der Waals surface area contributed by atoms with Gasteiger partial charge in [-0.25, -0.2) is 4.39 Å². The zero-order chi connectivity index (χ0) is 17.5. The number of amides is 1. The van der Waals surface area contributed by atoms with E-state index in [2.05, 4.69) is 5.32 Å². The Hall–Kier alpha value is -2.69. The van der Waals surface area contributed by atoms with E-state index in [1.54, 1.807) is 19.1 Å². The first-order chi connectivity index (χ1) is 11.5. The molecule has 0 radical (unpaired) electrons. The molecule has 0 aliphatic heterocycles. The molecule has 1 amide bonds. The van der Waals surface area contributed by atoms with Crippen LogP contribution in [0.3, 0.4) is 0 Å². The summed E-state index contributed by atoms with van der Waals surface area (Å²) in [6.45, 7) is 1.99. The van der Waals surface area contributed by atoms with Crippen LogP contribution < -0.4 is 5.32 Å². The van der Waals surface area contributed by atoms with Crippen molar-refractivity contribution in [2.45, 2.75) is 25.7 Å². The Balaban J connectivity index is 2.02. The summed E-state index contributed by atoms with van der Waals surface area (Å²) in [6, 6.07) is 14.0. The molecule has 0 aliphatic rings. The predicted octanol–water partition coefficient (Wildman–Crippen LogP) is 3.58. The summed E-state index contributed by atoms with van der Waals surface area (Å²) in [6.07, 6.45) is 0.379. The van der Waals surface area contributed by atoms with E-state index in [1.807, 2.05) is 30.3 Å². The molecule has 24 heavy (non-hydrogen) atoms. The molecule has 0 aromatic heterocycles. The molecule has 5 heteroatoms. The molecule has 2 rings (SSSR count). The van der Waals surface area contributed by atoms with E-state index in [9.17, 15) is 14.0 Å². The summed E-state index contributed by atoms with van der Waals surface area (Å²) in [7, 11) is 0. The summed E-state index contributed by atoms with van der Waals surface area (Å²) < 4.78 is 14.4. The fourth-order valence-corrected chi connectivity index (χ4v) is 2.41. The summed E-state index contributed by atoms with van der Waals surface area (Å²) in [4.78, 5) is 22.5. The minimum atomic E-state index is -0.893. The lowest BCUT2D eigenvalue weighted by Gasteiger charge is -2.14. The number of carbonyl (C=O) groups is 2. The molecule has 0 fully saturated rings. The van der Waals surface area contributed by atoms with Gasteiger partial charge in [0.15, 0.2) is 0 Å². The first kappa shape index (κ1) is 17.7. The van der Waals surface area contributed by atoms with Gasteiger partial charge in [-0.1, -0.05) is 42.5 Å². The van der Waals surface area contributed by atoms with E-state index in [0.717, 1.165) is 5.56 Å². The Bertz CT molecular complexity index is 716. The smallest absolute Gasteiger partial charge is 0.303 e. The van der Waals surface area contributed by atoms with Crippen LogP contribution >= 0.6 is 0 Å². The van der Waals surface area contributed by atoms with Gasteiger partial charge in [0.05, 0.1) is 5.92 Å². The van der Waals surface area contributed by atoms with E-state index >= 15 is 0 Å². The van der Waals surface area contributed by atoms with Gasteiger partial charge in [0.1, 0.15) is 5.82 Å². The fraction of sp³-hybridized carbons (Fsp3) is 0.263. The predicted molar refractivity (Wildman–Crippen MR) is 90.1 cm³/mol. The highest BCUT2D eigenvalue weighted by Gasteiger charge is 2.17. The average molecular weight is 329 g/mol. The second-order valence-electron chi connectivity index (χ2n) is 5.62. The molecule has 0 aliphatic carbocycles. The topological polar surface area (TPSA) is 66.4 Å². The highest BCUT2D eigenvalue weighted by atomic mass is 19.1. The van der Waals surface area contributed by atoms with Gasteiger partial charge in [0.2, 0.25) is 5.91 Å². The van der Waals surface area contributed by atoms with Crippen molar-refractivity contribution >= 4 is 11.9 Å². The third-order valence-corrected chi connectivity index (χ3v) is 3.84. The van der Waals surface area contributed by atoms with Crippen LogP contribution in [0.4, 0.5) is 4.39 Å². The third-order valence-electron chi connectivity index (χ3n) is 3.84. The molecule has 4 nitrogen and oxygen atoms in total. The van der Waals surface area contributed by atoms with Gasteiger partial charge >= 0.3 is 5.97 Å². The molecule has 1 atom stereocenters. The standard InChI is InChI=1S/C19H20FNO3/c1-13(19(24)21-11-5-8-18(22)23)15-9-10-16(17(20)12-15)14-6-3-2-4-7-14/h2-4,6-7,9-10,12-13H,5,8,11H2,1H3,(H,21,24)(H,22,23). The first-order valence-corrected chi connectivity index (χ1v) is 7.83. The number of hydrogen-bond donors (Lipinski definition) is 2. The van der Waals surface area contributed by atoms with Crippen LogP contribution in [-0.4, -0.2) is 23.5 Å². The Morgan fingerprint density at radius 2 is 1.88 bits per heavy atom. The quantitative estimate of drug-likeness (QED) is 0.763.